The van der Waals surface area contributed by atoms with Crippen molar-refractivity contribution in [1.29, 1.82) is 0 Å². The summed E-state index contributed by atoms with van der Waals surface area (Å²) in [5.74, 6) is -1.31. The van der Waals surface area contributed by atoms with Crippen LogP contribution in [0.1, 0.15) is 32.6 Å². The number of halogens is 3. The molecule has 108 valence electrons. The summed E-state index contributed by atoms with van der Waals surface area (Å²) in [4.78, 5) is 2.03. The fourth-order valence-electron chi connectivity index (χ4n) is 2.80. The molecule has 0 spiro atoms. The Labute approximate surface area is 108 Å². The van der Waals surface area contributed by atoms with Crippen molar-refractivity contribution in [3.8, 4) is 0 Å². The molecule has 18 heavy (non-hydrogen) atoms. The highest BCUT2D eigenvalue weighted by molar-refractivity contribution is 4.82. The highest BCUT2D eigenvalue weighted by Gasteiger charge is 2.45. The second kappa shape index (κ2) is 7.34. The van der Waals surface area contributed by atoms with E-state index in [-0.39, 0.29) is 5.92 Å². The number of rotatable bonds is 6. The molecule has 0 bridgehead atoms. The van der Waals surface area contributed by atoms with Crippen molar-refractivity contribution in [1.82, 2.24) is 10.2 Å². The van der Waals surface area contributed by atoms with Gasteiger partial charge in [0.1, 0.15) is 0 Å². The second-order valence-electron chi connectivity index (χ2n) is 5.31. The van der Waals surface area contributed by atoms with Gasteiger partial charge in [0.15, 0.2) is 0 Å². The lowest BCUT2D eigenvalue weighted by Crippen LogP contribution is -2.40. The fraction of sp³-hybridized carbons (Fsp3) is 1.00. The molecule has 2 unspecified atom stereocenters. The Bertz CT molecular complexity index is 231. The van der Waals surface area contributed by atoms with Crippen molar-refractivity contribution >= 4 is 0 Å². The number of alkyl halides is 3. The summed E-state index contributed by atoms with van der Waals surface area (Å²) in [7, 11) is 1.92. The Morgan fingerprint density at radius 3 is 2.50 bits per heavy atom. The molecule has 0 aromatic rings. The molecule has 0 aliphatic heterocycles. The molecule has 1 aliphatic carbocycles. The predicted molar refractivity (Wildman–Crippen MR) is 67.5 cm³/mol. The molecule has 0 saturated heterocycles. The van der Waals surface area contributed by atoms with Crippen LogP contribution in [0, 0.1) is 11.8 Å². The van der Waals surface area contributed by atoms with Crippen LogP contribution in [0.5, 0.6) is 0 Å². The lowest BCUT2D eigenvalue weighted by atomic mass is 9.78. The van der Waals surface area contributed by atoms with Crippen LogP contribution in [0.25, 0.3) is 0 Å². The van der Waals surface area contributed by atoms with Crippen molar-refractivity contribution in [2.45, 2.75) is 38.8 Å². The quantitative estimate of drug-likeness (QED) is 0.744. The van der Waals surface area contributed by atoms with Crippen LogP contribution < -0.4 is 5.32 Å². The van der Waals surface area contributed by atoms with Gasteiger partial charge in [-0.25, -0.2) is 0 Å². The standard InChI is InChI=1S/C13H25F3N2/c1-3-17-8-9-18(2)10-11-6-4-5-7-12(11)13(14,15)16/h11-12,17H,3-10H2,1-2H3. The minimum Gasteiger partial charge on any atom is -0.316 e. The van der Waals surface area contributed by atoms with E-state index in [1.807, 2.05) is 18.9 Å². The molecule has 5 heteroatoms. The van der Waals surface area contributed by atoms with Crippen molar-refractivity contribution in [3.63, 3.8) is 0 Å². The molecule has 1 N–H and O–H groups in total. The van der Waals surface area contributed by atoms with Gasteiger partial charge in [-0.15, -0.1) is 0 Å². The van der Waals surface area contributed by atoms with E-state index in [0.29, 0.717) is 13.0 Å². The van der Waals surface area contributed by atoms with E-state index in [1.54, 1.807) is 0 Å². The van der Waals surface area contributed by atoms with Crippen molar-refractivity contribution < 1.29 is 13.2 Å². The maximum atomic E-state index is 12.9. The molecule has 1 aliphatic rings. The highest BCUT2D eigenvalue weighted by Crippen LogP contribution is 2.41. The zero-order valence-electron chi connectivity index (χ0n) is 11.4. The van der Waals surface area contributed by atoms with Crippen LogP contribution in [0.3, 0.4) is 0 Å². The van der Waals surface area contributed by atoms with Crippen LogP contribution in [-0.2, 0) is 0 Å². The molecule has 1 rings (SSSR count). The Hall–Kier alpha value is -0.290. The Balaban J connectivity index is 2.41. The molecule has 0 aromatic heterocycles. The van der Waals surface area contributed by atoms with E-state index in [1.165, 1.54) is 0 Å². The largest absolute Gasteiger partial charge is 0.392 e. The van der Waals surface area contributed by atoms with Crippen molar-refractivity contribution in [2.24, 2.45) is 11.8 Å². The van der Waals surface area contributed by atoms with E-state index in [4.69, 9.17) is 0 Å². The monoisotopic (exact) mass is 266 g/mol. The molecule has 0 heterocycles. The van der Waals surface area contributed by atoms with Crippen molar-refractivity contribution in [2.75, 3.05) is 33.2 Å². The highest BCUT2D eigenvalue weighted by atomic mass is 19.4. The number of likely N-dealkylation sites (N-methyl/N-ethyl adjacent to an activating group) is 2. The summed E-state index contributed by atoms with van der Waals surface area (Å²) >= 11 is 0. The van der Waals surface area contributed by atoms with Crippen molar-refractivity contribution in [3.05, 3.63) is 0 Å². The molecule has 0 aromatic carbocycles. The van der Waals surface area contributed by atoms with Gasteiger partial charge in [0.2, 0.25) is 0 Å². The third-order valence-corrected chi connectivity index (χ3v) is 3.80. The van der Waals surface area contributed by atoms with Gasteiger partial charge in [0.25, 0.3) is 0 Å². The van der Waals surface area contributed by atoms with Gasteiger partial charge >= 0.3 is 6.18 Å². The van der Waals surface area contributed by atoms with Crippen LogP contribution in [-0.4, -0.2) is 44.3 Å². The van der Waals surface area contributed by atoms with E-state index in [2.05, 4.69) is 5.32 Å². The summed E-state index contributed by atoms with van der Waals surface area (Å²) in [5, 5.41) is 3.19. The molecule has 2 nitrogen and oxygen atoms in total. The van der Waals surface area contributed by atoms with Crippen LogP contribution in [0.15, 0.2) is 0 Å². The Morgan fingerprint density at radius 2 is 1.89 bits per heavy atom. The number of nitrogens with zero attached hydrogens (tertiary/aromatic N) is 1. The van der Waals surface area contributed by atoms with Gasteiger partial charge in [-0.3, -0.25) is 0 Å². The zero-order valence-corrected chi connectivity index (χ0v) is 11.4. The smallest absolute Gasteiger partial charge is 0.316 e. The molecule has 1 saturated carbocycles. The van der Waals surface area contributed by atoms with Gasteiger partial charge in [0.05, 0.1) is 5.92 Å². The summed E-state index contributed by atoms with van der Waals surface area (Å²) in [6.45, 7) is 5.16. The topological polar surface area (TPSA) is 15.3 Å². The Kier molecular flexibility index (Phi) is 6.43. The fourth-order valence-corrected chi connectivity index (χ4v) is 2.80. The van der Waals surface area contributed by atoms with Gasteiger partial charge in [-0.2, -0.15) is 13.2 Å². The Morgan fingerprint density at radius 1 is 1.22 bits per heavy atom. The molecule has 0 radical (unpaired) electrons. The average Bonchev–Trinajstić information content (AvgIpc) is 2.28. The first-order valence-electron chi connectivity index (χ1n) is 6.91. The minimum absolute atomic E-state index is 0.217. The van der Waals surface area contributed by atoms with Gasteiger partial charge < -0.3 is 10.2 Å². The molecule has 1 fully saturated rings. The maximum Gasteiger partial charge on any atom is 0.392 e. The molecular formula is C13H25F3N2. The molecular weight excluding hydrogens is 241 g/mol. The van der Waals surface area contributed by atoms with Crippen LogP contribution >= 0.6 is 0 Å². The second-order valence-corrected chi connectivity index (χ2v) is 5.31. The maximum absolute atomic E-state index is 12.9. The number of hydrogen-bond donors (Lipinski definition) is 1. The molecule has 2 atom stereocenters. The van der Waals surface area contributed by atoms with E-state index in [9.17, 15) is 13.2 Å². The first-order chi connectivity index (χ1) is 8.45. The third kappa shape index (κ3) is 5.14. The van der Waals surface area contributed by atoms with Crippen LogP contribution in [0.2, 0.25) is 0 Å². The summed E-state index contributed by atoms with van der Waals surface area (Å²) < 4.78 is 38.8. The lowest BCUT2D eigenvalue weighted by molar-refractivity contribution is -0.197. The number of nitrogens with one attached hydrogen (secondary N) is 1. The van der Waals surface area contributed by atoms with E-state index in [0.717, 1.165) is 38.9 Å². The van der Waals surface area contributed by atoms with Gasteiger partial charge in [0, 0.05) is 19.6 Å². The minimum atomic E-state index is -4.02. The van der Waals surface area contributed by atoms with Gasteiger partial charge in [-0.1, -0.05) is 19.8 Å². The zero-order chi connectivity index (χ0) is 13.6. The van der Waals surface area contributed by atoms with Crippen LogP contribution in [0.4, 0.5) is 13.2 Å². The first kappa shape index (κ1) is 15.8. The molecule has 0 amide bonds. The summed E-state index contributed by atoms with van der Waals surface area (Å²) in [6, 6.07) is 0. The summed E-state index contributed by atoms with van der Waals surface area (Å²) in [5.41, 5.74) is 0. The predicted octanol–water partition coefficient (Wildman–Crippen LogP) is 2.90. The SMILES string of the molecule is CCNCCN(C)CC1CCCCC1C(F)(F)F. The average molecular weight is 266 g/mol. The normalized spacial score (nSPS) is 25.7. The lowest BCUT2D eigenvalue weighted by Gasteiger charge is -2.35. The summed E-state index contributed by atoms with van der Waals surface area (Å²) in [6.07, 6.45) is -1.32. The van der Waals surface area contributed by atoms with E-state index < -0.39 is 12.1 Å². The first-order valence-corrected chi connectivity index (χ1v) is 6.91. The van der Waals surface area contributed by atoms with E-state index >= 15 is 0 Å². The number of hydrogen-bond acceptors (Lipinski definition) is 2. The third-order valence-electron chi connectivity index (χ3n) is 3.80. The van der Waals surface area contributed by atoms with Gasteiger partial charge in [-0.05, 0) is 32.4 Å².